The molecule has 0 aromatic heterocycles. The van der Waals surface area contributed by atoms with E-state index in [1.54, 1.807) is 12.1 Å². The molecule has 0 saturated carbocycles. The van der Waals surface area contributed by atoms with Crippen molar-refractivity contribution in [3.05, 3.63) is 65.5 Å². The van der Waals surface area contributed by atoms with E-state index in [4.69, 9.17) is 5.11 Å². The van der Waals surface area contributed by atoms with Gasteiger partial charge in [0.1, 0.15) is 5.82 Å². The van der Waals surface area contributed by atoms with E-state index in [-0.39, 0.29) is 16.8 Å². The van der Waals surface area contributed by atoms with Gasteiger partial charge >= 0.3 is 5.97 Å². The first kappa shape index (κ1) is 15.3. The minimum atomic E-state index is -1.24. The molecule has 1 N–H and O–H groups in total. The van der Waals surface area contributed by atoms with E-state index in [9.17, 15) is 14.0 Å². The molecule has 2 aromatic carbocycles. The Balaban J connectivity index is 2.27. The fourth-order valence-corrected chi connectivity index (χ4v) is 3.19. The monoisotopic (exact) mass is 329 g/mol. The van der Waals surface area contributed by atoms with Crippen LogP contribution in [-0.4, -0.2) is 23.2 Å². The van der Waals surface area contributed by atoms with Gasteiger partial charge in [-0.1, -0.05) is 18.2 Å². The van der Waals surface area contributed by atoms with Gasteiger partial charge in [0.25, 0.3) is 5.91 Å². The molecule has 2 aromatic rings. The number of anilines is 1. The zero-order valence-electron chi connectivity index (χ0n) is 12.1. The second-order valence-corrected chi connectivity index (χ2v) is 5.69. The average molecular weight is 329 g/mol. The number of aliphatic carboxylic acids is 1. The predicted octanol–water partition coefficient (Wildman–Crippen LogP) is 3.63. The molecule has 0 saturated heterocycles. The van der Waals surface area contributed by atoms with Crippen LogP contribution in [0.5, 0.6) is 0 Å². The first-order chi connectivity index (χ1) is 11.0. The molecule has 116 valence electrons. The first-order valence-electron chi connectivity index (χ1n) is 6.75. The fraction of sp³-hybridized carbons (Fsp3) is 0.0588. The van der Waals surface area contributed by atoms with Crippen molar-refractivity contribution >= 4 is 35.0 Å². The lowest BCUT2D eigenvalue weighted by Gasteiger charge is -2.20. The van der Waals surface area contributed by atoms with Crippen molar-refractivity contribution in [1.29, 1.82) is 0 Å². The van der Waals surface area contributed by atoms with Crippen molar-refractivity contribution in [3.8, 4) is 0 Å². The molecule has 0 atom stereocenters. The Morgan fingerprint density at radius 2 is 1.96 bits per heavy atom. The summed E-state index contributed by atoms with van der Waals surface area (Å²) in [5, 5.41) is 9.13. The third-order valence-electron chi connectivity index (χ3n) is 3.53. The maximum atomic E-state index is 14.2. The van der Waals surface area contributed by atoms with Crippen LogP contribution in [0.15, 0.2) is 53.4 Å². The molecule has 1 heterocycles. The van der Waals surface area contributed by atoms with Gasteiger partial charge in [0.2, 0.25) is 0 Å². The Hall–Kier alpha value is -2.60. The van der Waals surface area contributed by atoms with Gasteiger partial charge in [0.05, 0.1) is 16.9 Å². The highest BCUT2D eigenvalue weighted by Crippen LogP contribution is 2.41. The van der Waals surface area contributed by atoms with Crippen molar-refractivity contribution < 1.29 is 19.1 Å². The molecule has 0 aliphatic carbocycles. The van der Waals surface area contributed by atoms with Gasteiger partial charge < -0.3 is 5.11 Å². The number of benzene rings is 2. The number of amides is 1. The zero-order chi connectivity index (χ0) is 16.6. The number of carbonyl (C=O) groups excluding carboxylic acids is 1. The number of para-hydroxylation sites is 1. The predicted molar refractivity (Wildman–Crippen MR) is 87.0 cm³/mol. The standard InChI is InChI=1S/C17H12FNO3S/c1-23-14-8-3-2-7-12(14)19-13(9-15(20)21)16-10(17(19)22)5-4-6-11(16)18/h2-9H,1H3,(H,20,21). The number of hydrogen-bond donors (Lipinski definition) is 1. The summed E-state index contributed by atoms with van der Waals surface area (Å²) in [5.74, 6) is -2.29. The Morgan fingerprint density at radius 1 is 1.22 bits per heavy atom. The number of fused-ring (bicyclic) bond motifs is 1. The van der Waals surface area contributed by atoms with Gasteiger partial charge in [0, 0.05) is 16.5 Å². The van der Waals surface area contributed by atoms with Gasteiger partial charge in [-0.25, -0.2) is 9.18 Å². The van der Waals surface area contributed by atoms with Crippen LogP contribution < -0.4 is 4.90 Å². The molecular formula is C17H12FNO3S. The molecule has 0 unspecified atom stereocenters. The zero-order valence-corrected chi connectivity index (χ0v) is 12.9. The van der Waals surface area contributed by atoms with E-state index in [2.05, 4.69) is 0 Å². The lowest BCUT2D eigenvalue weighted by Crippen LogP contribution is -2.23. The molecule has 0 fully saturated rings. The number of rotatable bonds is 3. The highest BCUT2D eigenvalue weighted by Gasteiger charge is 2.37. The minimum Gasteiger partial charge on any atom is -0.478 e. The quantitative estimate of drug-likeness (QED) is 0.690. The number of carbonyl (C=O) groups is 2. The fourth-order valence-electron chi connectivity index (χ4n) is 2.61. The number of hydrogen-bond acceptors (Lipinski definition) is 3. The minimum absolute atomic E-state index is 0.0239. The smallest absolute Gasteiger partial charge is 0.330 e. The summed E-state index contributed by atoms with van der Waals surface area (Å²) in [4.78, 5) is 26.0. The van der Waals surface area contributed by atoms with Crippen LogP contribution >= 0.6 is 11.8 Å². The molecule has 1 aliphatic rings. The lowest BCUT2D eigenvalue weighted by atomic mass is 10.1. The number of thioether (sulfide) groups is 1. The molecule has 0 bridgehead atoms. The molecular weight excluding hydrogens is 317 g/mol. The van der Waals surface area contributed by atoms with Crippen LogP contribution in [0.2, 0.25) is 0 Å². The van der Waals surface area contributed by atoms with Crippen LogP contribution in [0.25, 0.3) is 5.70 Å². The molecule has 1 aliphatic heterocycles. The van der Waals surface area contributed by atoms with Crippen molar-refractivity contribution in [2.75, 3.05) is 11.2 Å². The number of carboxylic acids is 1. The van der Waals surface area contributed by atoms with Crippen molar-refractivity contribution in [1.82, 2.24) is 0 Å². The van der Waals surface area contributed by atoms with E-state index >= 15 is 0 Å². The summed E-state index contributed by atoms with van der Waals surface area (Å²) in [5.41, 5.74) is 0.759. The SMILES string of the molecule is CSc1ccccc1N1C(=O)c2cccc(F)c2C1=CC(=O)O. The number of nitrogens with zero attached hydrogens (tertiary/aromatic N) is 1. The average Bonchev–Trinajstić information content (AvgIpc) is 2.80. The van der Waals surface area contributed by atoms with E-state index in [0.29, 0.717) is 5.69 Å². The maximum Gasteiger partial charge on any atom is 0.330 e. The third kappa shape index (κ3) is 2.51. The van der Waals surface area contributed by atoms with Gasteiger partial charge in [-0.15, -0.1) is 11.8 Å². The summed E-state index contributed by atoms with van der Waals surface area (Å²) in [6.07, 6.45) is 2.72. The summed E-state index contributed by atoms with van der Waals surface area (Å²) in [6.45, 7) is 0. The van der Waals surface area contributed by atoms with Crippen LogP contribution in [0.4, 0.5) is 10.1 Å². The maximum absolute atomic E-state index is 14.2. The largest absolute Gasteiger partial charge is 0.478 e. The van der Waals surface area contributed by atoms with E-state index in [1.165, 1.54) is 34.9 Å². The van der Waals surface area contributed by atoms with Gasteiger partial charge in [-0.05, 0) is 30.5 Å². The van der Waals surface area contributed by atoms with E-state index < -0.39 is 17.7 Å². The van der Waals surface area contributed by atoms with Crippen molar-refractivity contribution in [3.63, 3.8) is 0 Å². The molecule has 6 heteroatoms. The molecule has 4 nitrogen and oxygen atoms in total. The van der Waals surface area contributed by atoms with Crippen LogP contribution in [-0.2, 0) is 4.79 Å². The normalized spacial score (nSPS) is 15.1. The Kier molecular flexibility index (Phi) is 3.92. The topological polar surface area (TPSA) is 57.6 Å². The Labute approximate surface area is 136 Å². The van der Waals surface area contributed by atoms with E-state index in [0.717, 1.165) is 11.0 Å². The highest BCUT2D eigenvalue weighted by molar-refractivity contribution is 7.98. The van der Waals surface area contributed by atoms with Crippen LogP contribution in [0.1, 0.15) is 15.9 Å². The Morgan fingerprint density at radius 3 is 2.65 bits per heavy atom. The second-order valence-electron chi connectivity index (χ2n) is 4.84. The number of carboxylic acid groups (broad SMARTS) is 1. The molecule has 23 heavy (non-hydrogen) atoms. The van der Waals surface area contributed by atoms with E-state index in [1.807, 2.05) is 18.4 Å². The van der Waals surface area contributed by atoms with Gasteiger partial charge in [0.15, 0.2) is 0 Å². The molecule has 1 amide bonds. The van der Waals surface area contributed by atoms with Crippen molar-refractivity contribution in [2.45, 2.75) is 4.90 Å². The summed E-state index contributed by atoms with van der Waals surface area (Å²) in [6, 6.07) is 11.3. The van der Waals surface area contributed by atoms with Crippen LogP contribution in [0, 0.1) is 5.82 Å². The second kappa shape index (κ2) is 5.89. The van der Waals surface area contributed by atoms with Gasteiger partial charge in [-0.3, -0.25) is 9.69 Å². The molecule has 0 spiro atoms. The number of halogens is 1. The molecule has 3 rings (SSSR count). The van der Waals surface area contributed by atoms with Crippen molar-refractivity contribution in [2.24, 2.45) is 0 Å². The summed E-state index contributed by atoms with van der Waals surface area (Å²) >= 11 is 1.43. The lowest BCUT2D eigenvalue weighted by molar-refractivity contribution is -0.131. The Bertz CT molecular complexity index is 847. The first-order valence-corrected chi connectivity index (χ1v) is 7.98. The third-order valence-corrected chi connectivity index (χ3v) is 4.32. The molecule has 0 radical (unpaired) electrons. The summed E-state index contributed by atoms with van der Waals surface area (Å²) < 4.78 is 14.2. The highest BCUT2D eigenvalue weighted by atomic mass is 32.2. The van der Waals surface area contributed by atoms with Gasteiger partial charge in [-0.2, -0.15) is 0 Å². The van der Waals surface area contributed by atoms with Crippen LogP contribution in [0.3, 0.4) is 0 Å². The summed E-state index contributed by atoms with van der Waals surface area (Å²) in [7, 11) is 0.